The molecule has 3 N–H and O–H groups in total. The molecule has 0 aliphatic carbocycles. The van der Waals surface area contributed by atoms with Crippen molar-refractivity contribution in [3.63, 3.8) is 0 Å². The topological polar surface area (TPSA) is 65.1 Å². The first-order valence-electron chi connectivity index (χ1n) is 6.11. The average Bonchev–Trinajstić information content (AvgIpc) is 2.99. The van der Waals surface area contributed by atoms with Crippen LogP contribution in [0.5, 0.6) is 5.75 Å². The van der Waals surface area contributed by atoms with Crippen LogP contribution in [-0.4, -0.2) is 28.5 Å². The van der Waals surface area contributed by atoms with Gasteiger partial charge >= 0.3 is 0 Å². The Morgan fingerprint density at radius 2 is 2.35 bits per heavy atom. The SMILES string of the molecule is COc1ccc(Br)cc1-c1nn(C(N)=S)c2c1CCN2. The molecule has 1 aliphatic rings. The van der Waals surface area contributed by atoms with E-state index >= 15 is 0 Å². The molecule has 0 amide bonds. The number of halogens is 1. The summed E-state index contributed by atoms with van der Waals surface area (Å²) in [6.07, 6.45) is 0.892. The zero-order chi connectivity index (χ0) is 14.3. The lowest BCUT2D eigenvalue weighted by Gasteiger charge is -2.08. The second-order valence-corrected chi connectivity index (χ2v) is 5.78. The molecule has 0 radical (unpaired) electrons. The predicted molar refractivity (Wildman–Crippen MR) is 86.3 cm³/mol. The summed E-state index contributed by atoms with van der Waals surface area (Å²) in [6.45, 7) is 0.860. The maximum absolute atomic E-state index is 5.73. The molecule has 1 aromatic carbocycles. The Morgan fingerprint density at radius 1 is 1.55 bits per heavy atom. The highest BCUT2D eigenvalue weighted by Crippen LogP contribution is 2.38. The Kier molecular flexibility index (Phi) is 3.39. The van der Waals surface area contributed by atoms with Crippen LogP contribution < -0.4 is 15.8 Å². The van der Waals surface area contributed by atoms with Crippen LogP contribution in [0.4, 0.5) is 5.82 Å². The van der Waals surface area contributed by atoms with Gasteiger partial charge in [-0.25, -0.2) is 0 Å². The number of fused-ring (bicyclic) bond motifs is 1. The number of ether oxygens (including phenoxy) is 1. The van der Waals surface area contributed by atoms with Crippen molar-refractivity contribution in [1.29, 1.82) is 0 Å². The van der Waals surface area contributed by atoms with Crippen molar-refractivity contribution in [3.8, 4) is 17.0 Å². The van der Waals surface area contributed by atoms with Gasteiger partial charge in [0.25, 0.3) is 0 Å². The van der Waals surface area contributed by atoms with E-state index in [2.05, 4.69) is 26.3 Å². The minimum Gasteiger partial charge on any atom is -0.496 e. The number of anilines is 1. The summed E-state index contributed by atoms with van der Waals surface area (Å²) >= 11 is 8.53. The van der Waals surface area contributed by atoms with Gasteiger partial charge in [-0.1, -0.05) is 15.9 Å². The third-order valence-electron chi connectivity index (χ3n) is 3.28. The number of methoxy groups -OCH3 is 1. The molecule has 0 atom stereocenters. The molecule has 2 aromatic rings. The van der Waals surface area contributed by atoms with Crippen molar-refractivity contribution < 1.29 is 4.74 Å². The maximum Gasteiger partial charge on any atom is 0.193 e. The van der Waals surface area contributed by atoms with Gasteiger partial charge in [0.1, 0.15) is 17.3 Å². The third kappa shape index (κ3) is 2.06. The summed E-state index contributed by atoms with van der Waals surface area (Å²) in [5, 5.41) is 8.04. The van der Waals surface area contributed by atoms with E-state index in [-0.39, 0.29) is 5.11 Å². The van der Waals surface area contributed by atoms with E-state index in [1.807, 2.05) is 18.2 Å². The number of rotatable bonds is 2. The van der Waals surface area contributed by atoms with Crippen molar-refractivity contribution in [3.05, 3.63) is 28.2 Å². The van der Waals surface area contributed by atoms with Gasteiger partial charge in [-0.2, -0.15) is 9.78 Å². The number of benzene rings is 1. The molecule has 2 heterocycles. The number of hydrogen-bond acceptors (Lipinski definition) is 4. The maximum atomic E-state index is 5.73. The van der Waals surface area contributed by atoms with Gasteiger partial charge < -0.3 is 15.8 Å². The zero-order valence-electron chi connectivity index (χ0n) is 10.8. The lowest BCUT2D eigenvalue weighted by molar-refractivity contribution is 0.416. The first-order chi connectivity index (χ1) is 9.61. The van der Waals surface area contributed by atoms with E-state index in [0.717, 1.165) is 45.8 Å². The zero-order valence-corrected chi connectivity index (χ0v) is 13.2. The third-order valence-corrected chi connectivity index (χ3v) is 3.94. The quantitative estimate of drug-likeness (QED) is 0.812. The Morgan fingerprint density at radius 3 is 3.05 bits per heavy atom. The van der Waals surface area contributed by atoms with Gasteiger partial charge in [-0.15, -0.1) is 0 Å². The summed E-state index contributed by atoms with van der Waals surface area (Å²) in [6, 6.07) is 5.84. The Labute approximate surface area is 130 Å². The normalized spacial score (nSPS) is 12.9. The molecule has 1 aromatic heterocycles. The van der Waals surface area contributed by atoms with Crippen LogP contribution in [0.15, 0.2) is 22.7 Å². The Balaban J connectivity index is 2.23. The van der Waals surface area contributed by atoms with Crippen LogP contribution in [0, 0.1) is 0 Å². The number of hydrogen-bond donors (Lipinski definition) is 2. The molecular weight excluding hydrogens is 340 g/mol. The van der Waals surface area contributed by atoms with Crippen molar-refractivity contribution in [1.82, 2.24) is 9.78 Å². The van der Waals surface area contributed by atoms with Gasteiger partial charge in [-0.3, -0.25) is 0 Å². The highest BCUT2D eigenvalue weighted by molar-refractivity contribution is 9.10. The first kappa shape index (κ1) is 13.4. The summed E-state index contributed by atoms with van der Waals surface area (Å²) in [7, 11) is 1.65. The fraction of sp³-hybridized carbons (Fsp3) is 0.231. The molecule has 20 heavy (non-hydrogen) atoms. The van der Waals surface area contributed by atoms with Gasteiger partial charge in [-0.05, 0) is 36.8 Å². The molecule has 0 fully saturated rings. The number of nitrogens with two attached hydrogens (primary N) is 1. The molecule has 1 aliphatic heterocycles. The molecule has 3 rings (SSSR count). The van der Waals surface area contributed by atoms with Crippen LogP contribution in [0.25, 0.3) is 11.3 Å². The summed E-state index contributed by atoms with van der Waals surface area (Å²) < 4.78 is 7.98. The van der Waals surface area contributed by atoms with Gasteiger partial charge in [0.05, 0.1) is 7.11 Å². The monoisotopic (exact) mass is 352 g/mol. The van der Waals surface area contributed by atoms with E-state index in [0.29, 0.717) is 0 Å². The van der Waals surface area contributed by atoms with Gasteiger partial charge in [0.15, 0.2) is 5.11 Å². The number of nitrogens with zero attached hydrogens (tertiary/aromatic N) is 2. The van der Waals surface area contributed by atoms with Crippen molar-refractivity contribution in [2.75, 3.05) is 19.0 Å². The molecule has 0 spiro atoms. The fourth-order valence-corrected chi connectivity index (χ4v) is 2.91. The number of thiocarbonyl (C=S) groups is 1. The van der Waals surface area contributed by atoms with E-state index in [1.165, 1.54) is 0 Å². The molecule has 0 unspecified atom stereocenters. The van der Waals surface area contributed by atoms with Crippen molar-refractivity contribution in [2.24, 2.45) is 5.73 Å². The van der Waals surface area contributed by atoms with Gasteiger partial charge in [0.2, 0.25) is 0 Å². The van der Waals surface area contributed by atoms with Crippen LogP contribution >= 0.6 is 28.1 Å². The molecule has 104 valence electrons. The number of nitrogens with one attached hydrogen (secondary N) is 1. The second-order valence-electron chi connectivity index (χ2n) is 4.45. The van der Waals surface area contributed by atoms with E-state index in [9.17, 15) is 0 Å². The molecule has 7 heteroatoms. The van der Waals surface area contributed by atoms with Crippen molar-refractivity contribution >= 4 is 39.1 Å². The summed E-state index contributed by atoms with van der Waals surface area (Å²) in [5.74, 6) is 1.66. The molecule has 5 nitrogen and oxygen atoms in total. The fourth-order valence-electron chi connectivity index (χ4n) is 2.42. The first-order valence-corrected chi connectivity index (χ1v) is 7.31. The average molecular weight is 353 g/mol. The second kappa shape index (κ2) is 5.06. The molecule has 0 bridgehead atoms. The number of aromatic nitrogens is 2. The standard InChI is InChI=1S/C13H13BrN4OS/c1-19-10-3-2-7(14)6-9(10)11-8-4-5-16-12(8)18(17-11)13(15)20/h2-3,6,16H,4-5H2,1H3,(H2,15,20). The predicted octanol–water partition coefficient (Wildman–Crippen LogP) is 2.38. The highest BCUT2D eigenvalue weighted by atomic mass is 79.9. The lowest BCUT2D eigenvalue weighted by Crippen LogP contribution is -2.22. The van der Waals surface area contributed by atoms with E-state index < -0.39 is 0 Å². The van der Waals surface area contributed by atoms with Crippen molar-refractivity contribution in [2.45, 2.75) is 6.42 Å². The van der Waals surface area contributed by atoms with Crippen LogP contribution in [0.1, 0.15) is 5.56 Å². The Hall–Kier alpha value is -1.60. The minimum atomic E-state index is 0.232. The summed E-state index contributed by atoms with van der Waals surface area (Å²) in [5.41, 5.74) is 8.63. The summed E-state index contributed by atoms with van der Waals surface area (Å²) in [4.78, 5) is 0. The van der Waals surface area contributed by atoms with Crippen LogP contribution in [-0.2, 0) is 6.42 Å². The van der Waals surface area contributed by atoms with Gasteiger partial charge in [0, 0.05) is 22.1 Å². The Bertz CT molecular complexity index is 698. The minimum absolute atomic E-state index is 0.232. The lowest BCUT2D eigenvalue weighted by atomic mass is 10.1. The largest absolute Gasteiger partial charge is 0.496 e. The van der Waals surface area contributed by atoms with Crippen LogP contribution in [0.2, 0.25) is 0 Å². The highest BCUT2D eigenvalue weighted by Gasteiger charge is 2.25. The van der Waals surface area contributed by atoms with E-state index in [1.54, 1.807) is 11.8 Å². The molecular formula is C13H13BrN4OS. The van der Waals surface area contributed by atoms with Crippen LogP contribution in [0.3, 0.4) is 0 Å². The molecule has 0 saturated carbocycles. The smallest absolute Gasteiger partial charge is 0.193 e. The molecule has 0 saturated heterocycles. The van der Waals surface area contributed by atoms with E-state index in [4.69, 9.17) is 22.7 Å².